The molecule has 0 saturated heterocycles. The number of hydrogen-bond donors (Lipinski definition) is 2. The summed E-state index contributed by atoms with van der Waals surface area (Å²) in [4.78, 5) is 13.5. The number of carbonyl (C=O) groups excluding carboxylic acids is 1. The van der Waals surface area contributed by atoms with Crippen LogP contribution in [0.2, 0.25) is 0 Å². The molecule has 126 valence electrons. The summed E-state index contributed by atoms with van der Waals surface area (Å²) in [6.45, 7) is 1.27. The van der Waals surface area contributed by atoms with Crippen molar-refractivity contribution in [1.29, 1.82) is 0 Å². The summed E-state index contributed by atoms with van der Waals surface area (Å²) in [5, 5.41) is 12.6. The Morgan fingerprint density at radius 1 is 1.36 bits per heavy atom. The van der Waals surface area contributed by atoms with Gasteiger partial charge < -0.3 is 20.1 Å². The van der Waals surface area contributed by atoms with E-state index in [0.29, 0.717) is 0 Å². The van der Waals surface area contributed by atoms with Crippen molar-refractivity contribution in [1.82, 2.24) is 10.1 Å². The molecule has 3 N–H and O–H groups in total. The molecule has 0 bridgehead atoms. The maximum absolute atomic E-state index is 12.3. The first kappa shape index (κ1) is 18.2. The number of esters is 1. The van der Waals surface area contributed by atoms with Crippen molar-refractivity contribution in [2.45, 2.75) is 37.5 Å². The third-order valence-corrected chi connectivity index (χ3v) is 2.41. The molecule has 0 aliphatic carbocycles. The molecule has 0 aromatic carbocycles. The van der Waals surface area contributed by atoms with Crippen molar-refractivity contribution < 1.29 is 45.5 Å². The molecule has 0 saturated carbocycles. The van der Waals surface area contributed by atoms with Gasteiger partial charge in [0.05, 0.1) is 6.04 Å². The van der Waals surface area contributed by atoms with Gasteiger partial charge in [0.25, 0.3) is 5.79 Å². The Labute approximate surface area is 118 Å². The molecular weight excluding hydrogens is 328 g/mol. The average Bonchev–Trinajstić information content (AvgIpc) is 2.86. The average molecular weight is 337 g/mol. The first-order valence-corrected chi connectivity index (χ1v) is 5.51. The van der Waals surface area contributed by atoms with E-state index in [4.69, 9.17) is 5.73 Å². The molecule has 0 unspecified atom stereocenters. The first-order chi connectivity index (χ1) is 9.82. The Balaban J connectivity index is 3.23. The second-order valence-electron chi connectivity index (χ2n) is 4.02. The lowest BCUT2D eigenvalue weighted by atomic mass is 10.0. The van der Waals surface area contributed by atoms with Crippen LogP contribution in [0.15, 0.2) is 4.52 Å². The van der Waals surface area contributed by atoms with E-state index in [1.807, 2.05) is 0 Å². The van der Waals surface area contributed by atoms with Crippen molar-refractivity contribution in [2.75, 3.05) is 0 Å². The number of nitrogens with two attached hydrogens (primary N) is 1. The van der Waals surface area contributed by atoms with Crippen molar-refractivity contribution >= 4 is 5.97 Å². The van der Waals surface area contributed by atoms with Gasteiger partial charge in [-0.05, 0) is 6.42 Å². The zero-order chi connectivity index (χ0) is 17.3. The van der Waals surface area contributed by atoms with Gasteiger partial charge in [-0.1, -0.05) is 12.1 Å². The zero-order valence-electron chi connectivity index (χ0n) is 10.7. The molecule has 7 nitrogen and oxygen atoms in total. The molecule has 1 aromatic heterocycles. The number of hydrogen-bond acceptors (Lipinski definition) is 7. The second-order valence-corrected chi connectivity index (χ2v) is 4.02. The summed E-state index contributed by atoms with van der Waals surface area (Å²) in [6.07, 6.45) is -10.9. The number of aromatic nitrogens is 2. The highest BCUT2D eigenvalue weighted by Crippen LogP contribution is 2.33. The topological polar surface area (TPSA) is 111 Å². The van der Waals surface area contributed by atoms with Crippen molar-refractivity contribution in [2.24, 2.45) is 5.73 Å². The molecule has 1 aromatic rings. The van der Waals surface area contributed by atoms with Gasteiger partial charge in [0.1, 0.15) is 0 Å². The lowest BCUT2D eigenvalue weighted by Gasteiger charge is -2.29. The van der Waals surface area contributed by atoms with Gasteiger partial charge in [-0.15, -0.1) is 0 Å². The first-order valence-electron chi connectivity index (χ1n) is 5.51. The Bertz CT molecular complexity index is 542. The van der Waals surface area contributed by atoms with Gasteiger partial charge >= 0.3 is 24.2 Å². The maximum Gasteiger partial charge on any atom is 0.491 e. The fourth-order valence-electron chi connectivity index (χ4n) is 1.25. The molecule has 0 radical (unpaired) electrons. The summed E-state index contributed by atoms with van der Waals surface area (Å²) in [6, 6.07) is -1.74. The minimum atomic E-state index is -5.52. The second kappa shape index (κ2) is 5.72. The number of alkyl halides is 6. The maximum atomic E-state index is 12.3. The van der Waals surface area contributed by atoms with Crippen molar-refractivity contribution in [3.8, 4) is 0 Å². The standard InChI is InChI=1S/C9H9F6N3O4/c1-2-3(16)7(20,21-6(19)9(13,14)15)4-17-5(22-18-4)8(10,11)12/h3,20H,2,16H2,1H3/t3-,7-/m0/s1. The Morgan fingerprint density at radius 2 is 1.91 bits per heavy atom. The highest BCUT2D eigenvalue weighted by molar-refractivity contribution is 5.76. The highest BCUT2D eigenvalue weighted by Gasteiger charge is 2.52. The van der Waals surface area contributed by atoms with Gasteiger partial charge in [0.2, 0.25) is 5.82 Å². The van der Waals surface area contributed by atoms with Crippen LogP contribution in [0, 0.1) is 0 Å². The van der Waals surface area contributed by atoms with Crippen molar-refractivity contribution in [3.05, 3.63) is 11.7 Å². The molecule has 0 amide bonds. The molecule has 22 heavy (non-hydrogen) atoms. The van der Waals surface area contributed by atoms with Gasteiger partial charge in [-0.25, -0.2) is 4.79 Å². The van der Waals surface area contributed by atoms with E-state index in [2.05, 4.69) is 19.4 Å². The molecule has 1 rings (SSSR count). The summed E-state index contributed by atoms with van der Waals surface area (Å²) in [5.41, 5.74) is 5.30. The van der Waals surface area contributed by atoms with Gasteiger partial charge in [-0.3, -0.25) is 0 Å². The van der Waals surface area contributed by atoms with Crippen LogP contribution in [-0.2, 0) is 21.5 Å². The minimum absolute atomic E-state index is 0.280. The van der Waals surface area contributed by atoms with E-state index in [1.165, 1.54) is 6.92 Å². The lowest BCUT2D eigenvalue weighted by Crippen LogP contribution is -2.51. The predicted molar refractivity (Wildman–Crippen MR) is 53.6 cm³/mol. The molecule has 1 heterocycles. The van der Waals surface area contributed by atoms with E-state index in [-0.39, 0.29) is 6.42 Å². The third kappa shape index (κ3) is 3.65. The van der Waals surface area contributed by atoms with Crippen LogP contribution >= 0.6 is 0 Å². The fraction of sp³-hybridized carbons (Fsp3) is 0.667. The van der Waals surface area contributed by atoms with Crippen LogP contribution in [-0.4, -0.2) is 33.4 Å². The summed E-state index contributed by atoms with van der Waals surface area (Å²) >= 11 is 0. The van der Waals surface area contributed by atoms with Gasteiger partial charge in [0.15, 0.2) is 0 Å². The SMILES string of the molecule is CC[C@H](N)[C@](O)(OC(=O)C(F)(F)F)c1noc(C(F)(F)F)n1. The molecule has 0 fully saturated rings. The third-order valence-electron chi connectivity index (χ3n) is 2.41. The van der Waals surface area contributed by atoms with Crippen molar-refractivity contribution in [3.63, 3.8) is 0 Å². The molecule has 0 aliphatic rings. The largest absolute Gasteiger partial charge is 0.491 e. The molecule has 2 atom stereocenters. The Hall–Kier alpha value is -1.89. The number of nitrogens with zero attached hydrogens (tertiary/aromatic N) is 2. The van der Waals surface area contributed by atoms with Crippen LogP contribution in [0.4, 0.5) is 26.3 Å². The van der Waals surface area contributed by atoms with E-state index in [9.17, 15) is 36.2 Å². The van der Waals surface area contributed by atoms with E-state index < -0.39 is 41.9 Å². The number of carbonyl (C=O) groups is 1. The Morgan fingerprint density at radius 3 is 2.27 bits per heavy atom. The molecule has 13 heteroatoms. The molecule has 0 aliphatic heterocycles. The quantitative estimate of drug-likeness (QED) is 0.480. The van der Waals surface area contributed by atoms with Crippen LogP contribution in [0.3, 0.4) is 0 Å². The number of ether oxygens (including phenoxy) is 1. The van der Waals surface area contributed by atoms with Crippen LogP contribution in [0.1, 0.15) is 25.1 Å². The minimum Gasteiger partial charge on any atom is -0.417 e. The number of halogens is 6. The van der Waals surface area contributed by atoms with Crippen LogP contribution < -0.4 is 5.73 Å². The Kier molecular flexibility index (Phi) is 4.72. The van der Waals surface area contributed by atoms with Gasteiger partial charge in [-0.2, -0.15) is 31.3 Å². The predicted octanol–water partition coefficient (Wildman–Crippen LogP) is 1.08. The number of rotatable bonds is 4. The van der Waals surface area contributed by atoms with E-state index >= 15 is 0 Å². The summed E-state index contributed by atoms with van der Waals surface area (Å²) in [5.74, 6) is -9.52. The normalized spacial score (nSPS) is 17.0. The number of aliphatic hydroxyl groups is 1. The lowest BCUT2D eigenvalue weighted by molar-refractivity contribution is -0.261. The smallest absolute Gasteiger partial charge is 0.417 e. The fourth-order valence-corrected chi connectivity index (χ4v) is 1.25. The molecular formula is C9H9F6N3O4. The highest BCUT2D eigenvalue weighted by atomic mass is 19.4. The summed E-state index contributed by atoms with van der Waals surface area (Å²) in [7, 11) is 0. The van der Waals surface area contributed by atoms with Crippen LogP contribution in [0.25, 0.3) is 0 Å². The zero-order valence-corrected chi connectivity index (χ0v) is 10.7. The molecule has 0 spiro atoms. The van der Waals surface area contributed by atoms with Gasteiger partial charge in [0, 0.05) is 0 Å². The summed E-state index contributed by atoms with van der Waals surface area (Å²) < 4.78 is 81.1. The monoisotopic (exact) mass is 337 g/mol. The van der Waals surface area contributed by atoms with Crippen LogP contribution in [0.5, 0.6) is 0 Å². The van der Waals surface area contributed by atoms with E-state index in [0.717, 1.165) is 0 Å². The van der Waals surface area contributed by atoms with E-state index in [1.54, 1.807) is 0 Å².